The van der Waals surface area contributed by atoms with Crippen LogP contribution in [0.3, 0.4) is 0 Å². The molecule has 8 atom stereocenters. The van der Waals surface area contributed by atoms with E-state index < -0.39 is 17.6 Å². The van der Waals surface area contributed by atoms with Gasteiger partial charge in [0.25, 0.3) is 0 Å². The van der Waals surface area contributed by atoms with E-state index in [0.717, 1.165) is 62.6 Å². The van der Waals surface area contributed by atoms with Crippen LogP contribution < -0.4 is 5.32 Å². The Bertz CT molecular complexity index is 1290. The molecule has 6 nitrogen and oxygen atoms in total. The molecule has 0 radical (unpaired) electrons. The highest BCUT2D eigenvalue weighted by Crippen LogP contribution is 2.75. The third-order valence-corrected chi connectivity index (χ3v) is 13.0. The third kappa shape index (κ3) is 3.67. The number of hydrogen-bond donors (Lipinski definition) is 3. The van der Waals surface area contributed by atoms with Crippen LogP contribution in [0.1, 0.15) is 92.9 Å². The minimum atomic E-state index is -0.605. The standard InChI is InChI=1S/C34H47NO5/c1-20-21-7-8-26-32(4,22(21)17-24(37)28(20)38)13-15-34(6)27-18-31(3,11-10-30(27,2)12-14-33(26,34)5)29(39)40-25-19-35-16-9-23(25)36/h7-8,17,23,25,27,35-36,38H,9-16,18-19H2,1-6H3/t23?,25?,27-,30-,31-,32+,33-,34+/m1/s1. The number of piperidine rings is 1. The maximum Gasteiger partial charge on any atom is 0.312 e. The average molecular weight is 550 g/mol. The van der Waals surface area contributed by atoms with E-state index in [1.54, 1.807) is 6.08 Å². The SMILES string of the molecule is CC1=C(O)C(=O)C=C2C1=CC=C1[C@@]2(C)CC[C@@]2(C)[C@@H]3C[C@](C)(C(=O)OC4CNCCC4O)CC[C@]3(C)CC[C@]12C. The molecule has 1 aliphatic heterocycles. The van der Waals surface area contributed by atoms with Crippen molar-refractivity contribution in [3.63, 3.8) is 0 Å². The summed E-state index contributed by atoms with van der Waals surface area (Å²) >= 11 is 0. The lowest BCUT2D eigenvalue weighted by molar-refractivity contribution is -0.190. The van der Waals surface area contributed by atoms with Gasteiger partial charge in [0, 0.05) is 17.5 Å². The zero-order valence-electron chi connectivity index (χ0n) is 25.2. The van der Waals surface area contributed by atoms with Gasteiger partial charge in [-0.1, -0.05) is 45.4 Å². The zero-order chi connectivity index (χ0) is 28.9. The van der Waals surface area contributed by atoms with Crippen LogP contribution >= 0.6 is 0 Å². The normalized spacial score (nSPS) is 46.6. The first-order valence-corrected chi connectivity index (χ1v) is 15.4. The van der Waals surface area contributed by atoms with Crippen LogP contribution in [0.2, 0.25) is 0 Å². The highest BCUT2D eigenvalue weighted by atomic mass is 16.6. The van der Waals surface area contributed by atoms with Crippen molar-refractivity contribution in [1.29, 1.82) is 0 Å². The first-order valence-electron chi connectivity index (χ1n) is 15.4. The molecule has 1 saturated heterocycles. The summed E-state index contributed by atoms with van der Waals surface area (Å²) in [5.41, 5.74) is 3.35. The molecule has 2 unspecified atom stereocenters. The van der Waals surface area contributed by atoms with E-state index in [4.69, 9.17) is 4.74 Å². The summed E-state index contributed by atoms with van der Waals surface area (Å²) in [6.07, 6.45) is 12.4. The zero-order valence-corrected chi connectivity index (χ0v) is 25.2. The Morgan fingerprint density at radius 2 is 1.75 bits per heavy atom. The minimum absolute atomic E-state index is 0.0171. The van der Waals surface area contributed by atoms with Crippen LogP contribution in [0, 0.1) is 33.0 Å². The number of esters is 1. The van der Waals surface area contributed by atoms with E-state index >= 15 is 0 Å². The summed E-state index contributed by atoms with van der Waals surface area (Å²) in [5.74, 6) is -0.235. The molecule has 0 aromatic heterocycles. The number of rotatable bonds is 2. The topological polar surface area (TPSA) is 95.9 Å². The quantitative estimate of drug-likeness (QED) is 0.373. The van der Waals surface area contributed by atoms with Crippen molar-refractivity contribution in [3.05, 3.63) is 46.3 Å². The number of carbonyl (C=O) groups is 2. The number of aliphatic hydroxyl groups excluding tert-OH is 2. The second-order valence-corrected chi connectivity index (χ2v) is 15.1. The van der Waals surface area contributed by atoms with Gasteiger partial charge in [0.15, 0.2) is 5.76 Å². The summed E-state index contributed by atoms with van der Waals surface area (Å²) in [4.78, 5) is 26.5. The van der Waals surface area contributed by atoms with Crippen molar-refractivity contribution in [2.45, 2.75) is 105 Å². The molecule has 0 amide bonds. The van der Waals surface area contributed by atoms with Gasteiger partial charge in [0.05, 0.1) is 11.5 Å². The van der Waals surface area contributed by atoms with Gasteiger partial charge in [-0.25, -0.2) is 0 Å². The van der Waals surface area contributed by atoms with Crippen LogP contribution in [0.15, 0.2) is 46.3 Å². The number of fused-ring (bicyclic) bond motifs is 7. The second kappa shape index (κ2) is 8.91. The second-order valence-electron chi connectivity index (χ2n) is 15.1. The highest BCUT2D eigenvalue weighted by molar-refractivity contribution is 6.06. The molecule has 0 bridgehead atoms. The molecule has 6 aliphatic rings. The molecule has 5 aliphatic carbocycles. The molecule has 3 saturated carbocycles. The molecule has 0 aromatic carbocycles. The summed E-state index contributed by atoms with van der Waals surface area (Å²) in [6.45, 7) is 14.8. The average Bonchev–Trinajstić information content (AvgIpc) is 2.91. The number of ether oxygens (including phenoxy) is 1. The molecule has 3 N–H and O–H groups in total. The predicted molar refractivity (Wildman–Crippen MR) is 154 cm³/mol. The summed E-state index contributed by atoms with van der Waals surface area (Å²) in [5, 5.41) is 24.1. The number of carbonyl (C=O) groups excluding carboxylic acids is 2. The Morgan fingerprint density at radius 3 is 2.48 bits per heavy atom. The molecule has 0 spiro atoms. The maximum absolute atomic E-state index is 13.7. The van der Waals surface area contributed by atoms with Gasteiger partial charge in [-0.15, -0.1) is 0 Å². The van der Waals surface area contributed by atoms with E-state index in [1.165, 1.54) is 5.57 Å². The van der Waals surface area contributed by atoms with Crippen molar-refractivity contribution in [2.24, 2.45) is 33.0 Å². The smallest absolute Gasteiger partial charge is 0.312 e. The van der Waals surface area contributed by atoms with E-state index in [2.05, 4.69) is 52.1 Å². The van der Waals surface area contributed by atoms with Crippen LogP contribution in [-0.4, -0.2) is 47.3 Å². The molecular formula is C34H47NO5. The Labute approximate surface area is 239 Å². The van der Waals surface area contributed by atoms with Crippen LogP contribution in [0.5, 0.6) is 0 Å². The van der Waals surface area contributed by atoms with Crippen molar-refractivity contribution in [3.8, 4) is 0 Å². The van der Waals surface area contributed by atoms with Crippen molar-refractivity contribution in [2.75, 3.05) is 13.1 Å². The molecule has 1 heterocycles. The lowest BCUT2D eigenvalue weighted by atomic mass is 9.34. The van der Waals surface area contributed by atoms with Crippen LogP contribution in [0.4, 0.5) is 0 Å². The fourth-order valence-electron chi connectivity index (χ4n) is 9.86. The lowest BCUT2D eigenvalue weighted by Gasteiger charge is -2.70. The van der Waals surface area contributed by atoms with Crippen molar-refractivity contribution >= 4 is 11.8 Å². The van der Waals surface area contributed by atoms with Gasteiger partial charge in [-0.05, 0) is 111 Å². The predicted octanol–water partition coefficient (Wildman–Crippen LogP) is 5.88. The molecule has 6 rings (SSSR count). The highest BCUT2D eigenvalue weighted by Gasteiger charge is 2.67. The van der Waals surface area contributed by atoms with Gasteiger partial charge < -0.3 is 20.3 Å². The maximum atomic E-state index is 13.7. The van der Waals surface area contributed by atoms with Gasteiger partial charge in [-0.3, -0.25) is 9.59 Å². The summed E-state index contributed by atoms with van der Waals surface area (Å²) in [7, 11) is 0. The first-order chi connectivity index (χ1) is 18.7. The number of hydrogen-bond acceptors (Lipinski definition) is 6. The molecular weight excluding hydrogens is 502 g/mol. The fraction of sp³-hybridized carbons (Fsp3) is 0.706. The van der Waals surface area contributed by atoms with Crippen LogP contribution in [0.25, 0.3) is 0 Å². The molecule has 0 aromatic rings. The minimum Gasteiger partial charge on any atom is -0.504 e. The van der Waals surface area contributed by atoms with Gasteiger partial charge in [0.2, 0.25) is 5.78 Å². The molecule has 218 valence electrons. The van der Waals surface area contributed by atoms with E-state index in [-0.39, 0.29) is 39.2 Å². The monoisotopic (exact) mass is 549 g/mol. The van der Waals surface area contributed by atoms with Gasteiger partial charge in [0.1, 0.15) is 6.10 Å². The Hall–Kier alpha value is -2.18. The summed E-state index contributed by atoms with van der Waals surface area (Å²) < 4.78 is 6.01. The number of aliphatic hydroxyl groups is 2. The van der Waals surface area contributed by atoms with Crippen molar-refractivity contribution < 1.29 is 24.5 Å². The fourth-order valence-corrected chi connectivity index (χ4v) is 9.86. The molecule has 40 heavy (non-hydrogen) atoms. The van der Waals surface area contributed by atoms with E-state index in [9.17, 15) is 19.8 Å². The number of nitrogens with one attached hydrogen (secondary N) is 1. The first kappa shape index (κ1) is 28.0. The molecule has 6 heteroatoms. The number of allylic oxidation sites excluding steroid dienone is 7. The third-order valence-electron chi connectivity index (χ3n) is 13.0. The summed E-state index contributed by atoms with van der Waals surface area (Å²) in [6, 6.07) is 0. The van der Waals surface area contributed by atoms with Crippen LogP contribution in [-0.2, 0) is 14.3 Å². The Kier molecular flexibility index (Phi) is 6.23. The van der Waals surface area contributed by atoms with Gasteiger partial charge >= 0.3 is 5.97 Å². The van der Waals surface area contributed by atoms with Crippen molar-refractivity contribution in [1.82, 2.24) is 5.32 Å². The van der Waals surface area contributed by atoms with E-state index in [1.807, 2.05) is 6.92 Å². The van der Waals surface area contributed by atoms with E-state index in [0.29, 0.717) is 24.5 Å². The largest absolute Gasteiger partial charge is 0.504 e. The lowest BCUT2D eigenvalue weighted by Crippen LogP contribution is -2.62. The molecule has 4 fully saturated rings. The number of ketones is 1. The Morgan fingerprint density at radius 1 is 1.02 bits per heavy atom. The Balaban J connectivity index is 1.35. The van der Waals surface area contributed by atoms with Gasteiger partial charge in [-0.2, -0.15) is 0 Å².